The fraction of sp³-hybridized carbons (Fsp3) is 0.462. The van der Waals surface area contributed by atoms with Crippen molar-refractivity contribution in [1.29, 1.82) is 0 Å². The number of carboxylic acids is 1. The van der Waals surface area contributed by atoms with Crippen LogP contribution in [0.1, 0.15) is 35.4 Å². The number of aliphatic carboxylic acids is 1. The molecule has 0 fully saturated rings. The highest BCUT2D eigenvalue weighted by atomic mass is 16.5. The number of ether oxygens (including phenoxy) is 1. The molecule has 0 bridgehead atoms. The predicted octanol–water partition coefficient (Wildman–Crippen LogP) is 2.64. The molecule has 16 heavy (non-hydrogen) atoms. The molecule has 0 saturated heterocycles. The molecular weight excluding hydrogens is 204 g/mol. The highest BCUT2D eigenvalue weighted by Crippen LogP contribution is 2.36. The molecule has 0 saturated carbocycles. The molecule has 86 valence electrons. The smallest absolute Gasteiger partial charge is 0.311 e. The minimum absolute atomic E-state index is 0.420. The first-order valence-corrected chi connectivity index (χ1v) is 5.56. The van der Waals surface area contributed by atoms with Crippen LogP contribution in [0.5, 0.6) is 5.75 Å². The van der Waals surface area contributed by atoms with Crippen LogP contribution in [0, 0.1) is 13.8 Å². The third-order valence-corrected chi connectivity index (χ3v) is 3.00. The van der Waals surface area contributed by atoms with Crippen molar-refractivity contribution in [2.75, 3.05) is 6.61 Å². The van der Waals surface area contributed by atoms with Crippen molar-refractivity contribution in [2.24, 2.45) is 0 Å². The average Bonchev–Trinajstić information content (AvgIpc) is 2.39. The minimum atomic E-state index is -0.753. The standard InChI is InChI=1S/C13H16O3/c1-8-6-9(2)12-11(7-8)10(13(14)15)4-3-5-16-12/h6-7,10H,3-5H2,1-2H3,(H,14,15). The van der Waals surface area contributed by atoms with E-state index in [1.165, 1.54) is 0 Å². The minimum Gasteiger partial charge on any atom is -0.493 e. The Bertz CT molecular complexity index is 423. The summed E-state index contributed by atoms with van der Waals surface area (Å²) >= 11 is 0. The van der Waals surface area contributed by atoms with Gasteiger partial charge in [-0.3, -0.25) is 4.79 Å². The van der Waals surface area contributed by atoms with Gasteiger partial charge < -0.3 is 9.84 Å². The molecule has 0 aromatic heterocycles. The second-order valence-corrected chi connectivity index (χ2v) is 4.38. The van der Waals surface area contributed by atoms with Crippen LogP contribution >= 0.6 is 0 Å². The van der Waals surface area contributed by atoms with Crippen LogP contribution in [0.15, 0.2) is 12.1 Å². The van der Waals surface area contributed by atoms with Crippen LogP contribution in [0.25, 0.3) is 0 Å². The Morgan fingerprint density at radius 2 is 2.19 bits per heavy atom. The topological polar surface area (TPSA) is 46.5 Å². The second kappa shape index (κ2) is 4.16. The molecule has 2 rings (SSSR count). The number of hydrogen-bond acceptors (Lipinski definition) is 2. The maximum absolute atomic E-state index is 11.2. The second-order valence-electron chi connectivity index (χ2n) is 4.38. The molecule has 3 nitrogen and oxygen atoms in total. The van der Waals surface area contributed by atoms with E-state index in [-0.39, 0.29) is 0 Å². The van der Waals surface area contributed by atoms with Crippen LogP contribution in [0.3, 0.4) is 0 Å². The number of aryl methyl sites for hydroxylation is 2. The van der Waals surface area contributed by atoms with Crippen LogP contribution in [0.2, 0.25) is 0 Å². The van der Waals surface area contributed by atoms with Gasteiger partial charge in [0.2, 0.25) is 0 Å². The quantitative estimate of drug-likeness (QED) is 0.791. The van der Waals surface area contributed by atoms with E-state index < -0.39 is 11.9 Å². The van der Waals surface area contributed by atoms with Gasteiger partial charge in [-0.15, -0.1) is 0 Å². The Morgan fingerprint density at radius 1 is 1.44 bits per heavy atom. The molecular formula is C13H16O3. The maximum atomic E-state index is 11.2. The van der Waals surface area contributed by atoms with E-state index in [1.54, 1.807) is 0 Å². The molecule has 1 aromatic rings. The van der Waals surface area contributed by atoms with E-state index in [4.69, 9.17) is 4.74 Å². The molecule has 0 amide bonds. The molecule has 0 aliphatic carbocycles. The molecule has 1 N–H and O–H groups in total. The van der Waals surface area contributed by atoms with E-state index >= 15 is 0 Å². The summed E-state index contributed by atoms with van der Waals surface area (Å²) in [5.41, 5.74) is 2.96. The van der Waals surface area contributed by atoms with E-state index in [0.717, 1.165) is 28.9 Å². The summed E-state index contributed by atoms with van der Waals surface area (Å²) in [6.45, 7) is 4.56. The van der Waals surface area contributed by atoms with Gasteiger partial charge in [0.1, 0.15) is 5.75 Å². The Morgan fingerprint density at radius 3 is 2.88 bits per heavy atom. The lowest BCUT2D eigenvalue weighted by Crippen LogP contribution is -2.11. The first-order valence-electron chi connectivity index (χ1n) is 5.56. The van der Waals surface area contributed by atoms with Gasteiger partial charge in [0.05, 0.1) is 12.5 Å². The Kier molecular flexibility index (Phi) is 2.86. The lowest BCUT2D eigenvalue weighted by Gasteiger charge is -2.15. The molecule has 1 unspecified atom stereocenters. The monoisotopic (exact) mass is 220 g/mol. The fourth-order valence-electron chi connectivity index (χ4n) is 2.32. The van der Waals surface area contributed by atoms with Gasteiger partial charge in [-0.1, -0.05) is 17.7 Å². The Labute approximate surface area is 95.0 Å². The number of carboxylic acid groups (broad SMARTS) is 1. The molecule has 0 spiro atoms. The normalized spacial score (nSPS) is 19.5. The third kappa shape index (κ3) is 1.90. The molecule has 1 aliphatic rings. The van der Waals surface area contributed by atoms with Gasteiger partial charge >= 0.3 is 5.97 Å². The summed E-state index contributed by atoms with van der Waals surface area (Å²) in [5, 5.41) is 9.24. The van der Waals surface area contributed by atoms with Crippen molar-refractivity contribution < 1.29 is 14.6 Å². The number of benzene rings is 1. The van der Waals surface area contributed by atoms with Gasteiger partial charge in [0, 0.05) is 5.56 Å². The van der Waals surface area contributed by atoms with E-state index in [1.807, 2.05) is 26.0 Å². The predicted molar refractivity (Wildman–Crippen MR) is 61.0 cm³/mol. The van der Waals surface area contributed by atoms with Crippen LogP contribution in [0.4, 0.5) is 0 Å². The average molecular weight is 220 g/mol. The zero-order chi connectivity index (χ0) is 11.7. The SMILES string of the molecule is Cc1cc(C)c2c(c1)C(C(=O)O)CCCO2. The summed E-state index contributed by atoms with van der Waals surface area (Å²) in [6.07, 6.45) is 1.45. The van der Waals surface area contributed by atoms with Crippen molar-refractivity contribution in [3.63, 3.8) is 0 Å². The molecule has 0 radical (unpaired) electrons. The van der Waals surface area contributed by atoms with Crippen molar-refractivity contribution in [2.45, 2.75) is 32.6 Å². The zero-order valence-corrected chi connectivity index (χ0v) is 9.62. The van der Waals surface area contributed by atoms with Crippen LogP contribution < -0.4 is 4.74 Å². The molecule has 1 heterocycles. The molecule has 1 aromatic carbocycles. The maximum Gasteiger partial charge on any atom is 0.311 e. The first-order chi connectivity index (χ1) is 7.59. The molecule has 1 aliphatic heterocycles. The number of fused-ring (bicyclic) bond motifs is 1. The third-order valence-electron chi connectivity index (χ3n) is 3.00. The lowest BCUT2D eigenvalue weighted by molar-refractivity contribution is -0.138. The van der Waals surface area contributed by atoms with Crippen LogP contribution in [-0.4, -0.2) is 17.7 Å². The summed E-state index contributed by atoms with van der Waals surface area (Å²) in [7, 11) is 0. The van der Waals surface area contributed by atoms with Crippen molar-refractivity contribution in [1.82, 2.24) is 0 Å². The first kappa shape index (κ1) is 11.0. The van der Waals surface area contributed by atoms with E-state index in [0.29, 0.717) is 13.0 Å². The van der Waals surface area contributed by atoms with E-state index in [2.05, 4.69) is 0 Å². The molecule has 3 heteroatoms. The zero-order valence-electron chi connectivity index (χ0n) is 9.62. The molecule has 1 atom stereocenters. The lowest BCUT2D eigenvalue weighted by atomic mass is 9.91. The van der Waals surface area contributed by atoms with Crippen molar-refractivity contribution in [3.8, 4) is 5.75 Å². The van der Waals surface area contributed by atoms with Gasteiger partial charge in [-0.2, -0.15) is 0 Å². The summed E-state index contributed by atoms with van der Waals surface area (Å²) in [4.78, 5) is 11.2. The van der Waals surface area contributed by atoms with E-state index in [9.17, 15) is 9.90 Å². The highest BCUT2D eigenvalue weighted by molar-refractivity contribution is 5.77. The van der Waals surface area contributed by atoms with Gasteiger partial charge in [0.25, 0.3) is 0 Å². The van der Waals surface area contributed by atoms with Crippen LogP contribution in [-0.2, 0) is 4.79 Å². The van der Waals surface area contributed by atoms with Gasteiger partial charge in [-0.25, -0.2) is 0 Å². The summed E-state index contributed by atoms with van der Waals surface area (Å²) < 4.78 is 5.65. The Balaban J connectivity index is 2.55. The van der Waals surface area contributed by atoms with Gasteiger partial charge in [0.15, 0.2) is 0 Å². The Hall–Kier alpha value is -1.51. The number of carbonyl (C=O) groups is 1. The van der Waals surface area contributed by atoms with Gasteiger partial charge in [-0.05, 0) is 32.3 Å². The summed E-state index contributed by atoms with van der Waals surface area (Å²) in [6, 6.07) is 3.97. The number of hydrogen-bond donors (Lipinski definition) is 1. The summed E-state index contributed by atoms with van der Waals surface area (Å²) in [5.74, 6) is -0.400. The highest BCUT2D eigenvalue weighted by Gasteiger charge is 2.26. The number of rotatable bonds is 1. The van der Waals surface area contributed by atoms with Crippen molar-refractivity contribution in [3.05, 3.63) is 28.8 Å². The largest absolute Gasteiger partial charge is 0.493 e. The fourth-order valence-corrected chi connectivity index (χ4v) is 2.32. The van der Waals surface area contributed by atoms with Crippen molar-refractivity contribution >= 4 is 5.97 Å².